The van der Waals surface area contributed by atoms with Gasteiger partial charge in [-0.05, 0) is 77.7 Å². The molecular formula is C42H47N3O7Si. The number of carbonyl (C=O) groups is 3. The molecule has 3 heterocycles. The van der Waals surface area contributed by atoms with Crippen molar-refractivity contribution in [1.82, 2.24) is 4.90 Å². The van der Waals surface area contributed by atoms with Gasteiger partial charge in [0.25, 0.3) is 11.8 Å². The summed E-state index contributed by atoms with van der Waals surface area (Å²) in [7, 11) is 2.45. The highest BCUT2D eigenvalue weighted by atomic mass is 28.3. The topological polar surface area (TPSA) is 118 Å². The van der Waals surface area contributed by atoms with Crippen LogP contribution >= 0.6 is 0 Å². The molecule has 3 aliphatic rings. The maximum absolute atomic E-state index is 14.6. The molecule has 10 nitrogen and oxygen atoms in total. The van der Waals surface area contributed by atoms with Gasteiger partial charge in [-0.25, -0.2) is 0 Å². The summed E-state index contributed by atoms with van der Waals surface area (Å²) < 4.78 is 17.9. The molecule has 3 amide bonds. The molecule has 0 saturated carbocycles. The fourth-order valence-corrected chi connectivity index (χ4v) is 13.0. The minimum absolute atomic E-state index is 0.0578. The zero-order valence-electron chi connectivity index (χ0n) is 31.1. The Morgan fingerprint density at radius 2 is 1.58 bits per heavy atom. The fraction of sp³-hybridized carbons (Fsp3) is 0.357. The summed E-state index contributed by atoms with van der Waals surface area (Å²) >= 11 is 0. The number of nitrogens with one attached hydrogen (secondary N) is 1. The molecule has 0 radical (unpaired) electrons. The number of hydrogen-bond acceptors (Lipinski definition) is 7. The van der Waals surface area contributed by atoms with Gasteiger partial charge in [-0.1, -0.05) is 61.6 Å². The van der Waals surface area contributed by atoms with Crippen molar-refractivity contribution in [3.05, 3.63) is 113 Å². The van der Waals surface area contributed by atoms with Crippen LogP contribution in [0, 0.1) is 5.92 Å². The molecule has 11 heteroatoms. The van der Waals surface area contributed by atoms with Crippen LogP contribution in [0.4, 0.5) is 11.4 Å². The van der Waals surface area contributed by atoms with Crippen molar-refractivity contribution < 1.29 is 33.7 Å². The van der Waals surface area contributed by atoms with E-state index < -0.39 is 19.8 Å². The smallest absolute Gasteiger partial charge is 0.264 e. The lowest BCUT2D eigenvalue weighted by Crippen LogP contribution is -2.52. The van der Waals surface area contributed by atoms with Crippen molar-refractivity contribution >= 4 is 42.4 Å². The minimum atomic E-state index is -2.52. The van der Waals surface area contributed by atoms with E-state index in [1.54, 1.807) is 61.4 Å². The molecular weight excluding hydrogens is 687 g/mol. The Morgan fingerprint density at radius 1 is 0.943 bits per heavy atom. The zero-order valence-corrected chi connectivity index (χ0v) is 32.1. The highest BCUT2D eigenvalue weighted by Crippen LogP contribution is 2.60. The number of ether oxygens (including phenoxy) is 3. The summed E-state index contributed by atoms with van der Waals surface area (Å²) in [5, 5.41) is 14.6. The number of methoxy groups -OCH3 is 2. The number of rotatable bonds is 9. The van der Waals surface area contributed by atoms with E-state index in [-0.39, 0.29) is 48.3 Å². The maximum atomic E-state index is 14.6. The number of nitrogens with zero attached hydrogens (tertiary/aromatic N) is 2. The van der Waals surface area contributed by atoms with E-state index in [0.717, 1.165) is 22.1 Å². The Bertz CT molecular complexity index is 2040. The van der Waals surface area contributed by atoms with Crippen molar-refractivity contribution in [2.24, 2.45) is 5.92 Å². The van der Waals surface area contributed by atoms with Gasteiger partial charge in [0.05, 0.1) is 53.2 Å². The van der Waals surface area contributed by atoms with E-state index >= 15 is 0 Å². The van der Waals surface area contributed by atoms with Crippen LogP contribution < -0.4 is 24.9 Å². The molecule has 276 valence electrons. The average molecular weight is 734 g/mol. The van der Waals surface area contributed by atoms with Gasteiger partial charge in [0.1, 0.15) is 11.5 Å². The van der Waals surface area contributed by atoms with Gasteiger partial charge in [-0.2, -0.15) is 0 Å². The van der Waals surface area contributed by atoms with Crippen molar-refractivity contribution in [2.75, 3.05) is 38.1 Å². The van der Waals surface area contributed by atoms with Crippen LogP contribution in [0.5, 0.6) is 11.5 Å². The first-order valence-corrected chi connectivity index (χ1v) is 21.2. The maximum Gasteiger partial charge on any atom is 0.264 e. The minimum Gasteiger partial charge on any atom is -0.497 e. The highest BCUT2D eigenvalue weighted by molar-refractivity contribution is 6.91. The predicted octanol–water partition coefficient (Wildman–Crippen LogP) is 5.48. The standard InChI is InChI=1S/C42H47N3O7Si/c1-26-39(53(5,6)34-18-16-33(51-4)17-19-34)37(23-38(47)45-24-29-10-8-7-9-28(29)21-31(45)25-46)52-42(26)35-22-30(13-20-36(35)44(2)41(42)49)43-40(48)27-11-14-32(50-3)15-12-27/h7-20,22,26,31,37,39,46H,21,23-25H2,1-6H3,(H,43,48)/t26-,31-,37+,39-,42+/m0/s1. The molecule has 1 saturated heterocycles. The number of aliphatic hydroxyl groups is 1. The molecule has 4 aromatic rings. The first kappa shape index (κ1) is 36.4. The van der Waals surface area contributed by atoms with Crippen LogP contribution in [0.2, 0.25) is 18.6 Å². The summed E-state index contributed by atoms with van der Waals surface area (Å²) in [6.45, 7) is 6.88. The summed E-state index contributed by atoms with van der Waals surface area (Å²) in [6.07, 6.45) is 0.0302. The molecule has 4 aromatic carbocycles. The molecule has 2 N–H and O–H groups in total. The Labute approximate surface area is 311 Å². The molecule has 0 aromatic heterocycles. The van der Waals surface area contributed by atoms with Gasteiger partial charge >= 0.3 is 0 Å². The van der Waals surface area contributed by atoms with Crippen LogP contribution in [0.25, 0.3) is 0 Å². The Morgan fingerprint density at radius 3 is 2.23 bits per heavy atom. The molecule has 0 unspecified atom stereocenters. The molecule has 53 heavy (non-hydrogen) atoms. The van der Waals surface area contributed by atoms with Gasteiger partial charge in [0.2, 0.25) is 5.91 Å². The predicted molar refractivity (Wildman–Crippen MR) is 207 cm³/mol. The van der Waals surface area contributed by atoms with Crippen molar-refractivity contribution in [3.8, 4) is 11.5 Å². The van der Waals surface area contributed by atoms with Gasteiger partial charge in [-0.3, -0.25) is 14.4 Å². The fourth-order valence-electron chi connectivity index (χ4n) is 8.97. The number of carbonyl (C=O) groups excluding carboxylic acids is 3. The van der Waals surface area contributed by atoms with E-state index in [1.807, 2.05) is 42.5 Å². The summed E-state index contributed by atoms with van der Waals surface area (Å²) in [4.78, 5) is 45.9. The van der Waals surface area contributed by atoms with E-state index in [9.17, 15) is 19.5 Å². The van der Waals surface area contributed by atoms with Gasteiger partial charge in [0.15, 0.2) is 5.60 Å². The summed E-state index contributed by atoms with van der Waals surface area (Å²) in [5.74, 6) is 0.466. The van der Waals surface area contributed by atoms with Gasteiger partial charge in [0, 0.05) is 36.3 Å². The second-order valence-electron chi connectivity index (χ2n) is 15.0. The van der Waals surface area contributed by atoms with Gasteiger partial charge in [-0.15, -0.1) is 0 Å². The number of fused-ring (bicyclic) bond motifs is 3. The van der Waals surface area contributed by atoms with Gasteiger partial charge < -0.3 is 34.4 Å². The highest BCUT2D eigenvalue weighted by Gasteiger charge is 2.66. The van der Waals surface area contributed by atoms with Crippen LogP contribution in [0.1, 0.15) is 40.4 Å². The third kappa shape index (κ3) is 6.20. The molecule has 1 fully saturated rings. The van der Waals surface area contributed by atoms with Crippen molar-refractivity contribution in [3.63, 3.8) is 0 Å². The molecule has 1 spiro atoms. The third-order valence-electron chi connectivity index (χ3n) is 11.8. The number of likely N-dealkylation sites (N-methyl/N-ethyl adjacent to an activating group) is 1. The lowest BCUT2D eigenvalue weighted by Gasteiger charge is -2.39. The molecule has 0 bridgehead atoms. The number of hydrogen-bond donors (Lipinski definition) is 2. The van der Waals surface area contributed by atoms with Crippen LogP contribution in [0.3, 0.4) is 0 Å². The lowest BCUT2D eigenvalue weighted by molar-refractivity contribution is -0.150. The van der Waals surface area contributed by atoms with Crippen molar-refractivity contribution in [1.29, 1.82) is 0 Å². The summed E-state index contributed by atoms with van der Waals surface area (Å²) in [5.41, 5.74) is 3.02. The van der Waals surface area contributed by atoms with Crippen LogP contribution in [0.15, 0.2) is 91.0 Å². The molecule has 3 aliphatic heterocycles. The van der Waals surface area contributed by atoms with E-state index in [2.05, 4.69) is 43.5 Å². The normalized spacial score (nSPS) is 23.5. The molecule has 5 atom stereocenters. The quantitative estimate of drug-likeness (QED) is 0.219. The molecule has 7 rings (SSSR count). The first-order valence-electron chi connectivity index (χ1n) is 18.1. The van der Waals surface area contributed by atoms with E-state index in [4.69, 9.17) is 14.2 Å². The zero-order chi connectivity index (χ0) is 37.7. The lowest BCUT2D eigenvalue weighted by atomic mass is 9.82. The van der Waals surface area contributed by atoms with Crippen LogP contribution in [-0.4, -0.2) is 75.8 Å². The molecule has 0 aliphatic carbocycles. The second kappa shape index (κ2) is 14.1. The SMILES string of the molecule is COc1ccc(C(=O)Nc2ccc3c(c2)[C@@]2(O[C@H](CC(=O)N4Cc5ccccc5C[C@H]4CO)[C@@H]([Si](C)(C)c4ccc(OC)cc4)[C@@H]2C)C(=O)N3C)cc1. The third-order valence-corrected chi connectivity index (χ3v) is 16.2. The number of aliphatic hydroxyl groups excluding tert-OH is 1. The first-order chi connectivity index (χ1) is 25.4. The Kier molecular flexibility index (Phi) is 9.69. The number of benzene rings is 4. The Balaban J connectivity index is 1.27. The monoisotopic (exact) mass is 733 g/mol. The number of anilines is 2. The Hall–Kier alpha value is -4.97. The van der Waals surface area contributed by atoms with E-state index in [0.29, 0.717) is 41.2 Å². The second-order valence-corrected chi connectivity index (χ2v) is 19.7. The largest absolute Gasteiger partial charge is 0.497 e. The van der Waals surface area contributed by atoms with E-state index in [1.165, 1.54) is 0 Å². The summed E-state index contributed by atoms with van der Waals surface area (Å²) in [6, 6.07) is 28.1. The van der Waals surface area contributed by atoms with Crippen molar-refractivity contribution in [2.45, 2.75) is 62.7 Å². The van der Waals surface area contributed by atoms with Crippen LogP contribution in [-0.2, 0) is 32.9 Å². The average Bonchev–Trinajstić information content (AvgIpc) is 3.59. The number of amides is 3.